The number of nitrogens with zero attached hydrogens (tertiary/aromatic N) is 3. The minimum absolute atomic E-state index is 0.0279. The molecule has 0 aliphatic rings. The zero-order valence-electron chi connectivity index (χ0n) is 9.91. The molecule has 0 fully saturated rings. The number of methoxy groups -OCH3 is 1. The number of nitrogens with one attached hydrogen (secondary N) is 1. The highest BCUT2D eigenvalue weighted by atomic mass is 19.4. The lowest BCUT2D eigenvalue weighted by Crippen LogP contribution is -2.11. The van der Waals surface area contributed by atoms with E-state index in [1.807, 2.05) is 0 Å². The normalized spacial score (nSPS) is 11.2. The summed E-state index contributed by atoms with van der Waals surface area (Å²) in [4.78, 5) is 11.4. The summed E-state index contributed by atoms with van der Waals surface area (Å²) in [7, 11) is 2.95. The van der Waals surface area contributed by atoms with Crippen molar-refractivity contribution in [2.24, 2.45) is 0 Å². The second kappa shape index (κ2) is 6.22. The molecule has 1 heterocycles. The van der Waals surface area contributed by atoms with Crippen LogP contribution in [0, 0.1) is 0 Å². The highest BCUT2D eigenvalue weighted by Crippen LogP contribution is 2.21. The van der Waals surface area contributed by atoms with Crippen molar-refractivity contribution in [2.45, 2.75) is 19.0 Å². The Morgan fingerprint density at radius 2 is 1.83 bits per heavy atom. The van der Waals surface area contributed by atoms with Gasteiger partial charge in [0.15, 0.2) is 0 Å². The van der Waals surface area contributed by atoms with E-state index in [4.69, 9.17) is 9.47 Å². The van der Waals surface area contributed by atoms with E-state index in [0.717, 1.165) is 0 Å². The molecule has 0 spiro atoms. The van der Waals surface area contributed by atoms with E-state index in [0.29, 0.717) is 0 Å². The van der Waals surface area contributed by atoms with E-state index < -0.39 is 12.6 Å². The second-order valence-corrected chi connectivity index (χ2v) is 3.25. The van der Waals surface area contributed by atoms with Crippen molar-refractivity contribution in [3.05, 3.63) is 0 Å². The lowest BCUT2D eigenvalue weighted by Gasteiger charge is -2.08. The molecule has 0 radical (unpaired) electrons. The molecule has 1 rings (SSSR count). The molecule has 1 aromatic heterocycles. The molecule has 0 aliphatic heterocycles. The Labute approximate surface area is 102 Å². The molecule has 6 nitrogen and oxygen atoms in total. The summed E-state index contributed by atoms with van der Waals surface area (Å²) >= 11 is 0. The topological polar surface area (TPSA) is 69.2 Å². The SMILES string of the molecule is CNc1nc(OC)nc(OCCCC(F)(F)F)n1. The van der Waals surface area contributed by atoms with E-state index >= 15 is 0 Å². The standard InChI is InChI=1S/C9H13F3N4O2/c1-13-6-14-7(17-2)16-8(15-6)18-5-3-4-9(10,11)12/h3-5H2,1-2H3,(H,13,14,15,16). The van der Waals surface area contributed by atoms with Crippen LogP contribution in [0.5, 0.6) is 12.0 Å². The first-order valence-corrected chi connectivity index (χ1v) is 5.12. The van der Waals surface area contributed by atoms with Crippen molar-refractivity contribution in [3.8, 4) is 12.0 Å². The third-order valence-electron chi connectivity index (χ3n) is 1.84. The Balaban J connectivity index is 2.51. The second-order valence-electron chi connectivity index (χ2n) is 3.25. The predicted octanol–water partition coefficient (Wildman–Crippen LogP) is 1.64. The van der Waals surface area contributed by atoms with Gasteiger partial charge < -0.3 is 14.8 Å². The number of halogens is 3. The molecular formula is C9H13F3N4O2. The van der Waals surface area contributed by atoms with Crippen LogP contribution in [0.2, 0.25) is 0 Å². The molecule has 1 N–H and O–H groups in total. The van der Waals surface area contributed by atoms with Crippen LogP contribution in [-0.2, 0) is 0 Å². The van der Waals surface area contributed by atoms with E-state index in [1.54, 1.807) is 7.05 Å². The van der Waals surface area contributed by atoms with Gasteiger partial charge in [-0.3, -0.25) is 0 Å². The van der Waals surface area contributed by atoms with Gasteiger partial charge in [0, 0.05) is 13.5 Å². The number of ether oxygens (including phenoxy) is 2. The van der Waals surface area contributed by atoms with E-state index in [-0.39, 0.29) is 31.0 Å². The predicted molar refractivity (Wildman–Crippen MR) is 56.7 cm³/mol. The van der Waals surface area contributed by atoms with Gasteiger partial charge in [0.05, 0.1) is 13.7 Å². The van der Waals surface area contributed by atoms with Crippen LogP contribution < -0.4 is 14.8 Å². The van der Waals surface area contributed by atoms with Gasteiger partial charge >= 0.3 is 18.2 Å². The molecule has 1 aromatic rings. The lowest BCUT2D eigenvalue weighted by atomic mass is 10.3. The molecule has 0 saturated carbocycles. The van der Waals surface area contributed by atoms with E-state index in [2.05, 4.69) is 20.3 Å². The van der Waals surface area contributed by atoms with Crippen LogP contribution in [0.25, 0.3) is 0 Å². The van der Waals surface area contributed by atoms with Crippen LogP contribution in [0.4, 0.5) is 19.1 Å². The molecule has 18 heavy (non-hydrogen) atoms. The van der Waals surface area contributed by atoms with Gasteiger partial charge in [0.2, 0.25) is 5.95 Å². The summed E-state index contributed by atoms with van der Waals surface area (Å²) in [6, 6.07) is -0.0476. The maximum Gasteiger partial charge on any atom is 0.389 e. The smallest absolute Gasteiger partial charge is 0.389 e. The number of alkyl halides is 3. The van der Waals surface area contributed by atoms with E-state index in [1.165, 1.54) is 7.11 Å². The summed E-state index contributed by atoms with van der Waals surface area (Å²) in [5.41, 5.74) is 0. The fourth-order valence-corrected chi connectivity index (χ4v) is 1.04. The molecule has 0 saturated heterocycles. The van der Waals surface area contributed by atoms with Crippen molar-refractivity contribution < 1.29 is 22.6 Å². The van der Waals surface area contributed by atoms with Gasteiger partial charge in [-0.2, -0.15) is 23.1 Å². The highest BCUT2D eigenvalue weighted by molar-refractivity contribution is 5.26. The third-order valence-corrected chi connectivity index (χ3v) is 1.84. The van der Waals surface area contributed by atoms with Crippen molar-refractivity contribution >= 4 is 5.95 Å². The highest BCUT2D eigenvalue weighted by Gasteiger charge is 2.26. The van der Waals surface area contributed by atoms with Crippen molar-refractivity contribution in [3.63, 3.8) is 0 Å². The molecular weight excluding hydrogens is 253 g/mol. The van der Waals surface area contributed by atoms with E-state index in [9.17, 15) is 13.2 Å². The van der Waals surface area contributed by atoms with Crippen LogP contribution in [0.1, 0.15) is 12.8 Å². The Bertz CT molecular complexity index is 364. The van der Waals surface area contributed by atoms with Gasteiger partial charge in [-0.1, -0.05) is 0 Å². The Morgan fingerprint density at radius 3 is 2.39 bits per heavy atom. The van der Waals surface area contributed by atoms with Crippen LogP contribution in [0.3, 0.4) is 0 Å². The fourth-order valence-electron chi connectivity index (χ4n) is 1.04. The van der Waals surface area contributed by atoms with Gasteiger partial charge in [-0.15, -0.1) is 4.98 Å². The molecule has 0 aliphatic carbocycles. The first-order valence-electron chi connectivity index (χ1n) is 5.12. The summed E-state index contributed by atoms with van der Waals surface area (Å²) in [6.45, 7) is -0.129. The van der Waals surface area contributed by atoms with Gasteiger partial charge in [-0.25, -0.2) is 0 Å². The average Bonchev–Trinajstić information content (AvgIpc) is 2.33. The number of hydrogen-bond acceptors (Lipinski definition) is 6. The summed E-state index contributed by atoms with van der Waals surface area (Å²) in [5, 5.41) is 2.65. The summed E-state index contributed by atoms with van der Waals surface area (Å²) in [6.07, 6.45) is -5.25. The number of aromatic nitrogens is 3. The third kappa shape index (κ3) is 5.02. The van der Waals surface area contributed by atoms with Crippen LogP contribution in [-0.4, -0.2) is 41.9 Å². The Hall–Kier alpha value is -1.80. The molecule has 0 aromatic carbocycles. The van der Waals surface area contributed by atoms with Crippen LogP contribution in [0.15, 0.2) is 0 Å². The van der Waals surface area contributed by atoms with Gasteiger partial charge in [0.25, 0.3) is 0 Å². The van der Waals surface area contributed by atoms with Crippen molar-refractivity contribution in [1.29, 1.82) is 0 Å². The lowest BCUT2D eigenvalue weighted by molar-refractivity contribution is -0.136. The molecule has 0 amide bonds. The fraction of sp³-hybridized carbons (Fsp3) is 0.667. The summed E-state index contributed by atoms with van der Waals surface area (Å²) < 4.78 is 45.5. The molecule has 0 unspecified atom stereocenters. The minimum atomic E-state index is -4.18. The molecule has 102 valence electrons. The number of anilines is 1. The molecule has 9 heteroatoms. The average molecular weight is 266 g/mol. The van der Waals surface area contributed by atoms with Gasteiger partial charge in [-0.05, 0) is 6.42 Å². The Morgan fingerprint density at radius 1 is 1.17 bits per heavy atom. The zero-order chi connectivity index (χ0) is 13.6. The van der Waals surface area contributed by atoms with Gasteiger partial charge in [0.1, 0.15) is 0 Å². The number of hydrogen-bond donors (Lipinski definition) is 1. The molecule has 0 atom stereocenters. The molecule has 0 bridgehead atoms. The monoisotopic (exact) mass is 266 g/mol. The largest absolute Gasteiger partial charge is 0.467 e. The van der Waals surface area contributed by atoms with Crippen molar-refractivity contribution in [2.75, 3.05) is 26.1 Å². The zero-order valence-corrected chi connectivity index (χ0v) is 9.91. The quantitative estimate of drug-likeness (QED) is 0.789. The maximum atomic E-state index is 11.9. The maximum absolute atomic E-state index is 11.9. The number of rotatable bonds is 6. The minimum Gasteiger partial charge on any atom is -0.467 e. The first-order chi connectivity index (χ1) is 8.44. The van der Waals surface area contributed by atoms with Crippen LogP contribution >= 0.6 is 0 Å². The summed E-state index contributed by atoms with van der Waals surface area (Å²) in [5.74, 6) is 0.215. The first kappa shape index (κ1) is 14.3. The Kier molecular flexibility index (Phi) is 4.93. The van der Waals surface area contributed by atoms with Crippen molar-refractivity contribution in [1.82, 2.24) is 15.0 Å².